The van der Waals surface area contributed by atoms with E-state index in [4.69, 9.17) is 14.5 Å². The molecule has 5 rings (SSSR count). The van der Waals surface area contributed by atoms with E-state index in [1.807, 2.05) is 62.4 Å². The molecule has 0 spiro atoms. The fourth-order valence-corrected chi connectivity index (χ4v) is 4.91. The number of amides is 1. The van der Waals surface area contributed by atoms with Crippen LogP contribution in [0.5, 0.6) is 5.75 Å². The topological polar surface area (TPSA) is 81.6 Å². The molecular weight excluding hydrogens is 474 g/mol. The van der Waals surface area contributed by atoms with E-state index in [2.05, 4.69) is 4.98 Å². The van der Waals surface area contributed by atoms with E-state index in [0.717, 1.165) is 38.8 Å². The maximum Gasteiger partial charge on any atom is 0.338 e. The summed E-state index contributed by atoms with van der Waals surface area (Å²) in [5.41, 5.74) is 4.68. The van der Waals surface area contributed by atoms with Crippen LogP contribution in [0.4, 0.5) is 5.69 Å². The van der Waals surface area contributed by atoms with Crippen LogP contribution in [0.3, 0.4) is 0 Å². The van der Waals surface area contributed by atoms with Gasteiger partial charge in [-0.1, -0.05) is 25.1 Å². The molecule has 1 amide bonds. The highest BCUT2D eigenvalue weighted by Crippen LogP contribution is 2.39. The van der Waals surface area contributed by atoms with E-state index in [0.29, 0.717) is 30.2 Å². The summed E-state index contributed by atoms with van der Waals surface area (Å²) in [6.45, 7) is 4.72. The molecule has 3 heterocycles. The van der Waals surface area contributed by atoms with Crippen LogP contribution in [-0.4, -0.2) is 35.1 Å². The number of thiazole rings is 1. The quantitative estimate of drug-likeness (QED) is 0.305. The van der Waals surface area contributed by atoms with Gasteiger partial charge in [-0.05, 0) is 61.4 Å². The summed E-state index contributed by atoms with van der Waals surface area (Å²) >= 11 is 1.59. The molecule has 0 atom stereocenters. The summed E-state index contributed by atoms with van der Waals surface area (Å²) < 4.78 is 10.9. The standard InChI is InChI=1S/C28H25N3O4S/c1-3-14-34-28(33)20-9-7-19(8-10-20)16-31-23-15-21(11-12-24(23)35-17-25(31)32)26-18(2)36-27(30-26)22-6-4-5-13-29-22/h4-13,15H,3,14,16-17H2,1-2H3. The number of fused-ring (bicyclic) bond motifs is 1. The minimum Gasteiger partial charge on any atom is -0.482 e. The van der Waals surface area contributed by atoms with Crippen molar-refractivity contribution in [1.82, 2.24) is 9.97 Å². The van der Waals surface area contributed by atoms with Crippen molar-refractivity contribution in [3.63, 3.8) is 0 Å². The molecule has 0 radical (unpaired) electrons. The van der Waals surface area contributed by atoms with E-state index in [1.165, 1.54) is 0 Å². The first-order valence-electron chi connectivity index (χ1n) is 11.8. The second kappa shape index (κ2) is 10.3. The van der Waals surface area contributed by atoms with Crippen molar-refractivity contribution in [3.8, 4) is 27.7 Å². The molecule has 7 nitrogen and oxygen atoms in total. The first-order chi connectivity index (χ1) is 17.5. The number of carbonyl (C=O) groups is 2. The fourth-order valence-electron chi connectivity index (χ4n) is 3.99. The Kier molecular flexibility index (Phi) is 6.77. The molecule has 2 aromatic heterocycles. The molecule has 0 unspecified atom stereocenters. The molecule has 0 bridgehead atoms. The SMILES string of the molecule is CCCOC(=O)c1ccc(CN2C(=O)COc3ccc(-c4nc(-c5ccccn5)sc4C)cc32)cc1. The zero-order valence-corrected chi connectivity index (χ0v) is 20.9. The van der Waals surface area contributed by atoms with Crippen molar-refractivity contribution in [1.29, 1.82) is 0 Å². The molecule has 2 aromatic carbocycles. The Bertz CT molecular complexity index is 1400. The molecule has 0 saturated carbocycles. The van der Waals surface area contributed by atoms with E-state index in [-0.39, 0.29) is 18.5 Å². The first-order valence-corrected chi connectivity index (χ1v) is 12.6. The Morgan fingerprint density at radius 1 is 1.14 bits per heavy atom. The number of nitrogens with zero attached hydrogens (tertiary/aromatic N) is 3. The monoisotopic (exact) mass is 499 g/mol. The van der Waals surface area contributed by atoms with Crippen LogP contribution in [0.1, 0.15) is 34.1 Å². The lowest BCUT2D eigenvalue weighted by molar-refractivity contribution is -0.121. The minimum absolute atomic E-state index is 0.0205. The Balaban J connectivity index is 1.42. The third kappa shape index (κ3) is 4.85. The van der Waals surface area contributed by atoms with Crippen molar-refractivity contribution in [3.05, 3.63) is 82.9 Å². The van der Waals surface area contributed by atoms with Crippen molar-refractivity contribution >= 4 is 28.9 Å². The van der Waals surface area contributed by atoms with Crippen LogP contribution in [0.15, 0.2) is 66.9 Å². The lowest BCUT2D eigenvalue weighted by Gasteiger charge is -2.30. The van der Waals surface area contributed by atoms with E-state index in [1.54, 1.807) is 34.6 Å². The molecule has 36 heavy (non-hydrogen) atoms. The fraction of sp³-hybridized carbons (Fsp3) is 0.214. The maximum atomic E-state index is 12.9. The van der Waals surface area contributed by atoms with Gasteiger partial charge in [-0.15, -0.1) is 11.3 Å². The van der Waals surface area contributed by atoms with Crippen LogP contribution in [0, 0.1) is 6.92 Å². The number of anilines is 1. The lowest BCUT2D eigenvalue weighted by atomic mass is 10.1. The molecular formula is C28H25N3O4S. The summed E-state index contributed by atoms with van der Waals surface area (Å²) in [5, 5.41) is 0.850. The predicted molar refractivity (Wildman–Crippen MR) is 139 cm³/mol. The average molecular weight is 500 g/mol. The number of hydrogen-bond donors (Lipinski definition) is 0. The van der Waals surface area contributed by atoms with Gasteiger partial charge < -0.3 is 14.4 Å². The van der Waals surface area contributed by atoms with Gasteiger partial charge in [0.25, 0.3) is 5.91 Å². The molecule has 0 N–H and O–H groups in total. The summed E-state index contributed by atoms with van der Waals surface area (Å²) in [6.07, 6.45) is 2.53. The highest BCUT2D eigenvalue weighted by Gasteiger charge is 2.27. The van der Waals surface area contributed by atoms with Crippen molar-refractivity contribution in [2.45, 2.75) is 26.8 Å². The Morgan fingerprint density at radius 2 is 1.97 bits per heavy atom. The van der Waals surface area contributed by atoms with Gasteiger partial charge >= 0.3 is 5.97 Å². The van der Waals surface area contributed by atoms with Crippen molar-refractivity contribution in [2.24, 2.45) is 0 Å². The molecule has 1 aliphatic rings. The van der Waals surface area contributed by atoms with Gasteiger partial charge in [0.15, 0.2) is 6.61 Å². The summed E-state index contributed by atoms with van der Waals surface area (Å²) in [6, 6.07) is 18.7. The summed E-state index contributed by atoms with van der Waals surface area (Å²) in [5.74, 6) is 0.177. The molecule has 0 saturated heterocycles. The van der Waals surface area contributed by atoms with Crippen molar-refractivity contribution < 1.29 is 19.1 Å². The second-order valence-electron chi connectivity index (χ2n) is 8.42. The molecule has 0 aliphatic carbocycles. The average Bonchev–Trinajstić information content (AvgIpc) is 3.31. The number of hydrogen-bond acceptors (Lipinski definition) is 7. The maximum absolute atomic E-state index is 12.9. The van der Waals surface area contributed by atoms with E-state index < -0.39 is 0 Å². The van der Waals surface area contributed by atoms with Crippen LogP contribution in [0.25, 0.3) is 22.0 Å². The molecule has 4 aromatic rings. The highest BCUT2D eigenvalue weighted by atomic mass is 32.1. The van der Waals surface area contributed by atoms with Crippen LogP contribution in [0.2, 0.25) is 0 Å². The number of rotatable bonds is 7. The Labute approximate surface area is 213 Å². The number of carbonyl (C=O) groups excluding carboxylic acids is 2. The number of ether oxygens (including phenoxy) is 2. The molecule has 182 valence electrons. The largest absolute Gasteiger partial charge is 0.482 e. The summed E-state index contributed by atoms with van der Waals surface area (Å²) in [4.78, 5) is 37.0. The van der Waals surface area contributed by atoms with Gasteiger partial charge in [0.2, 0.25) is 0 Å². The molecule has 8 heteroatoms. The van der Waals surface area contributed by atoms with Gasteiger partial charge in [0, 0.05) is 16.6 Å². The van der Waals surface area contributed by atoms with E-state index in [9.17, 15) is 9.59 Å². The van der Waals surface area contributed by atoms with Gasteiger partial charge in [-0.2, -0.15) is 0 Å². The third-order valence-electron chi connectivity index (χ3n) is 5.82. The van der Waals surface area contributed by atoms with Crippen LogP contribution in [-0.2, 0) is 16.1 Å². The molecule has 1 aliphatic heterocycles. The van der Waals surface area contributed by atoms with Gasteiger partial charge in [-0.3, -0.25) is 9.78 Å². The first kappa shape index (κ1) is 23.7. The molecule has 0 fully saturated rings. The van der Waals surface area contributed by atoms with E-state index >= 15 is 0 Å². The van der Waals surface area contributed by atoms with Gasteiger partial charge in [0.1, 0.15) is 10.8 Å². The number of pyridine rings is 1. The number of aryl methyl sites for hydroxylation is 1. The smallest absolute Gasteiger partial charge is 0.338 e. The third-order valence-corrected chi connectivity index (χ3v) is 6.82. The highest BCUT2D eigenvalue weighted by molar-refractivity contribution is 7.15. The van der Waals surface area contributed by atoms with Crippen LogP contribution >= 0.6 is 11.3 Å². The predicted octanol–water partition coefficient (Wildman–Crippen LogP) is 5.67. The minimum atomic E-state index is -0.343. The Hall–Kier alpha value is -4.04. The normalized spacial score (nSPS) is 12.7. The van der Waals surface area contributed by atoms with Crippen molar-refractivity contribution in [2.75, 3.05) is 18.1 Å². The zero-order valence-electron chi connectivity index (χ0n) is 20.1. The number of esters is 1. The summed E-state index contributed by atoms with van der Waals surface area (Å²) in [7, 11) is 0. The zero-order chi connectivity index (χ0) is 25.1. The Morgan fingerprint density at radius 3 is 2.72 bits per heavy atom. The second-order valence-corrected chi connectivity index (χ2v) is 9.63. The van der Waals surface area contributed by atoms with Crippen LogP contribution < -0.4 is 9.64 Å². The van der Waals surface area contributed by atoms with Gasteiger partial charge in [0.05, 0.1) is 35.8 Å². The lowest BCUT2D eigenvalue weighted by Crippen LogP contribution is -2.38. The van der Waals surface area contributed by atoms with Gasteiger partial charge in [-0.25, -0.2) is 9.78 Å². The number of benzene rings is 2. The number of aromatic nitrogens is 2.